The summed E-state index contributed by atoms with van der Waals surface area (Å²) in [4.78, 5) is 0. The van der Waals surface area contributed by atoms with Crippen molar-refractivity contribution in [2.45, 2.75) is 66.2 Å². The summed E-state index contributed by atoms with van der Waals surface area (Å²) in [7, 11) is 0. The van der Waals surface area contributed by atoms with Crippen molar-refractivity contribution in [1.29, 1.82) is 0 Å². The third-order valence-electron chi connectivity index (χ3n) is 4.62. The van der Waals surface area contributed by atoms with Crippen LogP contribution in [0.3, 0.4) is 0 Å². The van der Waals surface area contributed by atoms with Gasteiger partial charge in [0.05, 0.1) is 0 Å². The van der Waals surface area contributed by atoms with Gasteiger partial charge in [-0.1, -0.05) is 44.8 Å². The number of nitrogens with two attached hydrogens (primary N) is 1. The van der Waals surface area contributed by atoms with E-state index < -0.39 is 0 Å². The monoisotopic (exact) mass is 247 g/mol. The second-order valence-corrected chi connectivity index (χ2v) is 6.59. The molecule has 2 N–H and O–H groups in total. The zero-order chi connectivity index (χ0) is 13.3. The summed E-state index contributed by atoms with van der Waals surface area (Å²) in [6, 6.07) is 0. The van der Waals surface area contributed by atoms with E-state index in [1.54, 1.807) is 11.1 Å². The van der Waals surface area contributed by atoms with Gasteiger partial charge in [0.1, 0.15) is 0 Å². The first kappa shape index (κ1) is 13.7. The summed E-state index contributed by atoms with van der Waals surface area (Å²) in [6.45, 7) is 9.14. The highest BCUT2D eigenvalue weighted by atomic mass is 14.6. The van der Waals surface area contributed by atoms with Crippen LogP contribution in [0, 0.1) is 17.8 Å². The van der Waals surface area contributed by atoms with Gasteiger partial charge in [-0.15, -0.1) is 0 Å². The van der Waals surface area contributed by atoms with Gasteiger partial charge in [-0.25, -0.2) is 0 Å². The molecule has 2 rings (SSSR count). The summed E-state index contributed by atoms with van der Waals surface area (Å²) in [5.74, 6) is 2.41. The molecule has 102 valence electrons. The van der Waals surface area contributed by atoms with Gasteiger partial charge < -0.3 is 5.73 Å². The molecule has 1 unspecified atom stereocenters. The van der Waals surface area contributed by atoms with Crippen LogP contribution in [0.2, 0.25) is 0 Å². The van der Waals surface area contributed by atoms with Crippen LogP contribution in [0.5, 0.6) is 0 Å². The summed E-state index contributed by atoms with van der Waals surface area (Å²) in [6.07, 6.45) is 7.93. The topological polar surface area (TPSA) is 26.0 Å². The molecule has 0 aliphatic heterocycles. The van der Waals surface area contributed by atoms with E-state index >= 15 is 0 Å². The van der Waals surface area contributed by atoms with E-state index in [0.29, 0.717) is 5.92 Å². The Labute approximate surface area is 113 Å². The molecule has 0 amide bonds. The van der Waals surface area contributed by atoms with Crippen molar-refractivity contribution in [3.8, 4) is 0 Å². The predicted octanol–water partition coefficient (Wildman–Crippen LogP) is 4.79. The number of hydrogen-bond donors (Lipinski definition) is 1. The van der Waals surface area contributed by atoms with Crippen LogP contribution < -0.4 is 5.73 Å². The molecule has 0 aromatic rings. The molecular formula is C17H29N. The molecule has 0 aromatic heterocycles. The molecule has 0 bridgehead atoms. The Morgan fingerprint density at radius 1 is 1.28 bits per heavy atom. The molecule has 0 saturated heterocycles. The fourth-order valence-electron chi connectivity index (χ4n) is 2.84. The minimum Gasteiger partial charge on any atom is -0.399 e. The molecule has 0 spiro atoms. The lowest BCUT2D eigenvalue weighted by molar-refractivity contribution is 0.396. The van der Waals surface area contributed by atoms with E-state index in [-0.39, 0.29) is 0 Å². The minimum atomic E-state index is 0.705. The largest absolute Gasteiger partial charge is 0.399 e. The third-order valence-corrected chi connectivity index (χ3v) is 4.62. The molecule has 2 fully saturated rings. The van der Waals surface area contributed by atoms with Crippen LogP contribution in [0.15, 0.2) is 22.4 Å². The van der Waals surface area contributed by atoms with Crippen molar-refractivity contribution in [3.63, 3.8) is 0 Å². The maximum absolute atomic E-state index is 6.47. The zero-order valence-corrected chi connectivity index (χ0v) is 12.6. The first-order chi connectivity index (χ1) is 8.54. The molecule has 2 aliphatic carbocycles. The molecule has 2 saturated carbocycles. The van der Waals surface area contributed by atoms with Gasteiger partial charge >= 0.3 is 0 Å². The van der Waals surface area contributed by atoms with E-state index in [9.17, 15) is 0 Å². The summed E-state index contributed by atoms with van der Waals surface area (Å²) in [5.41, 5.74) is 12.2. The van der Waals surface area contributed by atoms with Crippen LogP contribution in [0.25, 0.3) is 0 Å². The molecule has 0 aromatic carbocycles. The van der Waals surface area contributed by atoms with Crippen molar-refractivity contribution in [2.75, 3.05) is 0 Å². The molecule has 0 radical (unpaired) electrons. The van der Waals surface area contributed by atoms with E-state index in [4.69, 9.17) is 5.73 Å². The number of rotatable bonds is 6. The Balaban J connectivity index is 2.25. The number of hydrogen-bond acceptors (Lipinski definition) is 1. The second-order valence-electron chi connectivity index (χ2n) is 6.59. The first-order valence-electron chi connectivity index (χ1n) is 7.72. The van der Waals surface area contributed by atoms with Gasteiger partial charge in [0.15, 0.2) is 0 Å². The average molecular weight is 247 g/mol. The third kappa shape index (κ3) is 3.18. The van der Waals surface area contributed by atoms with Gasteiger partial charge in [-0.2, -0.15) is 0 Å². The van der Waals surface area contributed by atoms with Crippen LogP contribution in [-0.4, -0.2) is 0 Å². The zero-order valence-electron chi connectivity index (χ0n) is 12.6. The molecule has 18 heavy (non-hydrogen) atoms. The molecule has 0 heterocycles. The molecule has 2 aliphatic rings. The maximum atomic E-state index is 6.47. The van der Waals surface area contributed by atoms with Gasteiger partial charge in [-0.05, 0) is 55.9 Å². The summed E-state index contributed by atoms with van der Waals surface area (Å²) >= 11 is 0. The Morgan fingerprint density at radius 3 is 2.28 bits per heavy atom. The van der Waals surface area contributed by atoms with Gasteiger partial charge in [0.25, 0.3) is 0 Å². The van der Waals surface area contributed by atoms with Crippen molar-refractivity contribution in [1.82, 2.24) is 0 Å². The number of allylic oxidation sites excluding steroid dienone is 3. The summed E-state index contributed by atoms with van der Waals surface area (Å²) < 4.78 is 0. The van der Waals surface area contributed by atoms with E-state index in [0.717, 1.165) is 24.0 Å². The highest BCUT2D eigenvalue weighted by molar-refractivity contribution is 5.43. The van der Waals surface area contributed by atoms with Crippen molar-refractivity contribution >= 4 is 0 Å². The second kappa shape index (κ2) is 5.50. The lowest BCUT2D eigenvalue weighted by Gasteiger charge is -2.26. The quantitative estimate of drug-likeness (QED) is 0.717. The van der Waals surface area contributed by atoms with Gasteiger partial charge in [0, 0.05) is 5.70 Å². The van der Waals surface area contributed by atoms with Crippen LogP contribution in [0.4, 0.5) is 0 Å². The van der Waals surface area contributed by atoms with E-state index in [1.165, 1.54) is 37.7 Å². The van der Waals surface area contributed by atoms with Crippen LogP contribution in [0.1, 0.15) is 66.2 Å². The Hall–Kier alpha value is -0.720. The maximum Gasteiger partial charge on any atom is 0.0338 e. The fraction of sp³-hybridized carbons (Fsp3) is 0.765. The predicted molar refractivity (Wildman–Crippen MR) is 79.1 cm³/mol. The van der Waals surface area contributed by atoms with Crippen molar-refractivity contribution in [3.05, 3.63) is 22.4 Å². The highest BCUT2D eigenvalue weighted by Gasteiger charge is 2.33. The summed E-state index contributed by atoms with van der Waals surface area (Å²) in [5, 5.41) is 0. The first-order valence-corrected chi connectivity index (χ1v) is 7.72. The minimum absolute atomic E-state index is 0.705. The van der Waals surface area contributed by atoms with Crippen molar-refractivity contribution < 1.29 is 0 Å². The lowest BCUT2D eigenvalue weighted by atomic mass is 9.81. The van der Waals surface area contributed by atoms with Gasteiger partial charge in [0.2, 0.25) is 0 Å². The SMILES string of the molecule is CC/C(C)=C(/N)C(=C1CC1)C(CC1CC1)C(C)C. The standard InChI is InChI=1S/C17H29N/c1-5-12(4)17(18)16(14-8-9-14)15(11(2)3)10-13-6-7-13/h11,13,15H,5-10,18H2,1-4H3/b17-12+. The molecule has 1 nitrogen and oxygen atoms in total. The van der Waals surface area contributed by atoms with E-state index in [1.807, 2.05) is 0 Å². The van der Waals surface area contributed by atoms with Gasteiger partial charge in [-0.3, -0.25) is 0 Å². The normalized spacial score (nSPS) is 21.9. The Kier molecular flexibility index (Phi) is 4.19. The average Bonchev–Trinajstić information content (AvgIpc) is 3.19. The Morgan fingerprint density at radius 2 is 1.89 bits per heavy atom. The van der Waals surface area contributed by atoms with E-state index in [2.05, 4.69) is 27.7 Å². The lowest BCUT2D eigenvalue weighted by Crippen LogP contribution is -2.19. The molecule has 1 atom stereocenters. The highest BCUT2D eigenvalue weighted by Crippen LogP contribution is 2.46. The smallest absolute Gasteiger partial charge is 0.0338 e. The van der Waals surface area contributed by atoms with Crippen LogP contribution in [-0.2, 0) is 0 Å². The molecular weight excluding hydrogens is 218 g/mol. The molecule has 1 heteroatoms. The van der Waals surface area contributed by atoms with Crippen LogP contribution >= 0.6 is 0 Å². The van der Waals surface area contributed by atoms with Crippen molar-refractivity contribution in [2.24, 2.45) is 23.5 Å². The Bertz CT molecular complexity index is 363. The fourth-order valence-corrected chi connectivity index (χ4v) is 2.84.